The molecule has 0 aliphatic carbocycles. The topological polar surface area (TPSA) is 113 Å². The Morgan fingerprint density at radius 3 is 2.41 bits per heavy atom. The summed E-state index contributed by atoms with van der Waals surface area (Å²) in [6.45, 7) is 3.69. The SMILES string of the molecule is CCN(CCC(N)=NO)C(=O)C(C)S(C)(=O)=O. The summed E-state index contributed by atoms with van der Waals surface area (Å²) in [7, 11) is -3.40. The van der Waals surface area contributed by atoms with Crippen LogP contribution in [0, 0.1) is 0 Å². The summed E-state index contributed by atoms with van der Waals surface area (Å²) < 4.78 is 22.5. The van der Waals surface area contributed by atoms with Crippen LogP contribution in [0.4, 0.5) is 0 Å². The average Bonchev–Trinajstić information content (AvgIpc) is 2.26. The zero-order chi connectivity index (χ0) is 13.6. The predicted octanol–water partition coefficient (Wildman–Crippen LogP) is -0.595. The predicted molar refractivity (Wildman–Crippen MR) is 64.6 cm³/mol. The lowest BCUT2D eigenvalue weighted by molar-refractivity contribution is -0.130. The van der Waals surface area contributed by atoms with Gasteiger partial charge in [0.05, 0.1) is 0 Å². The van der Waals surface area contributed by atoms with Gasteiger partial charge >= 0.3 is 0 Å². The summed E-state index contributed by atoms with van der Waals surface area (Å²) in [5, 5.41) is 10.1. The summed E-state index contributed by atoms with van der Waals surface area (Å²) in [4.78, 5) is 13.2. The fourth-order valence-corrected chi connectivity index (χ4v) is 1.68. The molecule has 17 heavy (non-hydrogen) atoms. The first-order valence-corrected chi connectivity index (χ1v) is 7.13. The lowest BCUT2D eigenvalue weighted by atomic mass is 10.3. The summed E-state index contributed by atoms with van der Waals surface area (Å²) in [6.07, 6.45) is 1.22. The molecule has 0 spiro atoms. The Kier molecular flexibility index (Phi) is 5.94. The van der Waals surface area contributed by atoms with Gasteiger partial charge < -0.3 is 15.8 Å². The number of amides is 1. The Balaban J connectivity index is 4.62. The van der Waals surface area contributed by atoms with Gasteiger partial charge in [0, 0.05) is 25.8 Å². The molecule has 0 aromatic heterocycles. The number of hydrogen-bond acceptors (Lipinski definition) is 5. The summed E-state index contributed by atoms with van der Waals surface area (Å²) >= 11 is 0. The minimum atomic E-state index is -3.40. The van der Waals surface area contributed by atoms with Crippen molar-refractivity contribution in [1.29, 1.82) is 0 Å². The van der Waals surface area contributed by atoms with Crippen LogP contribution in [-0.2, 0) is 14.6 Å². The van der Waals surface area contributed by atoms with Crippen molar-refractivity contribution in [2.75, 3.05) is 19.3 Å². The molecule has 8 heteroatoms. The minimum absolute atomic E-state index is 0.00302. The molecule has 0 fully saturated rings. The van der Waals surface area contributed by atoms with Gasteiger partial charge in [0.1, 0.15) is 11.1 Å². The van der Waals surface area contributed by atoms with Crippen LogP contribution in [0.5, 0.6) is 0 Å². The monoisotopic (exact) mass is 265 g/mol. The maximum absolute atomic E-state index is 11.8. The fourth-order valence-electron chi connectivity index (χ4n) is 1.16. The highest BCUT2D eigenvalue weighted by molar-refractivity contribution is 7.92. The highest BCUT2D eigenvalue weighted by atomic mass is 32.2. The van der Waals surface area contributed by atoms with Crippen LogP contribution in [0.1, 0.15) is 20.3 Å². The molecule has 0 aliphatic rings. The van der Waals surface area contributed by atoms with Crippen LogP contribution in [0.3, 0.4) is 0 Å². The second-order valence-corrected chi connectivity index (χ2v) is 6.10. The molecule has 7 nitrogen and oxygen atoms in total. The Morgan fingerprint density at radius 1 is 1.53 bits per heavy atom. The molecule has 0 rings (SSSR count). The van der Waals surface area contributed by atoms with E-state index in [2.05, 4.69) is 5.16 Å². The van der Waals surface area contributed by atoms with Crippen molar-refractivity contribution in [3.05, 3.63) is 0 Å². The van der Waals surface area contributed by atoms with Gasteiger partial charge in [-0.3, -0.25) is 4.79 Å². The van der Waals surface area contributed by atoms with Gasteiger partial charge in [-0.2, -0.15) is 0 Å². The van der Waals surface area contributed by atoms with Crippen molar-refractivity contribution in [3.63, 3.8) is 0 Å². The lowest BCUT2D eigenvalue weighted by Crippen LogP contribution is -2.42. The molecule has 1 atom stereocenters. The molecule has 1 amide bonds. The first-order valence-electron chi connectivity index (χ1n) is 5.18. The largest absolute Gasteiger partial charge is 0.409 e. The summed E-state index contributed by atoms with van der Waals surface area (Å²) in [6, 6.07) is 0. The van der Waals surface area contributed by atoms with E-state index in [1.54, 1.807) is 6.92 Å². The van der Waals surface area contributed by atoms with Crippen LogP contribution < -0.4 is 5.73 Å². The number of nitrogens with two attached hydrogens (primary N) is 1. The molecule has 1 unspecified atom stereocenters. The van der Waals surface area contributed by atoms with Gasteiger partial charge in [0.2, 0.25) is 5.91 Å². The summed E-state index contributed by atoms with van der Waals surface area (Å²) in [5.74, 6) is -0.469. The molecule has 0 radical (unpaired) electrons. The number of carbonyl (C=O) groups is 1. The fraction of sp³-hybridized carbons (Fsp3) is 0.778. The standard InChI is InChI=1S/C9H19N3O4S/c1-4-12(6-5-8(10)11-14)9(13)7(2)17(3,15)16/h7,14H,4-6H2,1-3H3,(H2,10,11). The molecule has 0 saturated heterocycles. The Bertz CT molecular complexity index is 391. The highest BCUT2D eigenvalue weighted by Gasteiger charge is 2.27. The van der Waals surface area contributed by atoms with Crippen LogP contribution in [-0.4, -0.2) is 54.9 Å². The third kappa shape index (κ3) is 5.03. The number of amidine groups is 1. The second-order valence-electron chi connectivity index (χ2n) is 3.73. The third-order valence-corrected chi connectivity index (χ3v) is 3.94. The zero-order valence-corrected chi connectivity index (χ0v) is 11.1. The number of hydrogen-bond donors (Lipinski definition) is 2. The van der Waals surface area contributed by atoms with Crippen LogP contribution in [0.15, 0.2) is 5.16 Å². The van der Waals surface area contributed by atoms with E-state index < -0.39 is 21.0 Å². The first kappa shape index (κ1) is 15.7. The van der Waals surface area contributed by atoms with Crippen molar-refractivity contribution in [2.24, 2.45) is 10.9 Å². The number of nitrogens with zero attached hydrogens (tertiary/aromatic N) is 2. The van der Waals surface area contributed by atoms with Crippen LogP contribution >= 0.6 is 0 Å². The third-order valence-electron chi connectivity index (χ3n) is 2.45. The average molecular weight is 265 g/mol. The smallest absolute Gasteiger partial charge is 0.240 e. The number of rotatable bonds is 6. The van der Waals surface area contributed by atoms with Crippen molar-refractivity contribution < 1.29 is 18.4 Å². The van der Waals surface area contributed by atoms with E-state index in [0.717, 1.165) is 6.26 Å². The van der Waals surface area contributed by atoms with Crippen molar-refractivity contribution in [3.8, 4) is 0 Å². The van der Waals surface area contributed by atoms with Gasteiger partial charge in [-0.15, -0.1) is 0 Å². The van der Waals surface area contributed by atoms with Gasteiger partial charge in [-0.05, 0) is 13.8 Å². The maximum atomic E-state index is 11.8. The molecule has 0 heterocycles. The Hall–Kier alpha value is -1.31. The van der Waals surface area contributed by atoms with Gasteiger partial charge in [0.25, 0.3) is 0 Å². The molecule has 0 aliphatic heterocycles. The lowest BCUT2D eigenvalue weighted by Gasteiger charge is -2.23. The van der Waals surface area contributed by atoms with E-state index in [-0.39, 0.29) is 18.8 Å². The quantitative estimate of drug-likeness (QED) is 0.288. The van der Waals surface area contributed by atoms with E-state index in [1.165, 1.54) is 11.8 Å². The molecule has 0 aromatic rings. The number of sulfone groups is 1. The van der Waals surface area contributed by atoms with Gasteiger partial charge in [-0.1, -0.05) is 5.16 Å². The molecule has 0 aromatic carbocycles. The first-order chi connectivity index (χ1) is 7.73. The summed E-state index contributed by atoms with van der Waals surface area (Å²) in [5.41, 5.74) is 5.28. The van der Waals surface area contributed by atoms with E-state index in [9.17, 15) is 13.2 Å². The Labute approximate surface area is 101 Å². The van der Waals surface area contributed by atoms with E-state index in [1.807, 2.05) is 0 Å². The maximum Gasteiger partial charge on any atom is 0.240 e. The van der Waals surface area contributed by atoms with Crippen LogP contribution in [0.25, 0.3) is 0 Å². The van der Waals surface area contributed by atoms with Gasteiger partial charge in [0.15, 0.2) is 9.84 Å². The normalized spacial score (nSPS) is 14.4. The van der Waals surface area contributed by atoms with E-state index in [0.29, 0.717) is 6.54 Å². The molecular formula is C9H19N3O4S. The van der Waals surface area contributed by atoms with Crippen molar-refractivity contribution in [1.82, 2.24) is 4.90 Å². The molecule has 3 N–H and O–H groups in total. The minimum Gasteiger partial charge on any atom is -0.409 e. The van der Waals surface area contributed by atoms with E-state index in [4.69, 9.17) is 10.9 Å². The number of carbonyl (C=O) groups excluding carboxylic acids is 1. The van der Waals surface area contributed by atoms with E-state index >= 15 is 0 Å². The van der Waals surface area contributed by atoms with Crippen LogP contribution in [0.2, 0.25) is 0 Å². The number of oxime groups is 1. The second kappa shape index (κ2) is 6.43. The zero-order valence-electron chi connectivity index (χ0n) is 10.3. The van der Waals surface area contributed by atoms with Gasteiger partial charge in [-0.25, -0.2) is 8.42 Å². The van der Waals surface area contributed by atoms with Crippen molar-refractivity contribution >= 4 is 21.6 Å². The molecule has 100 valence electrons. The molecular weight excluding hydrogens is 246 g/mol. The Morgan fingerprint density at radius 2 is 2.06 bits per heavy atom. The van der Waals surface area contributed by atoms with Crippen molar-refractivity contribution in [2.45, 2.75) is 25.5 Å². The highest BCUT2D eigenvalue weighted by Crippen LogP contribution is 2.05. The molecule has 0 saturated carbocycles. The molecule has 0 bridgehead atoms.